The highest BCUT2D eigenvalue weighted by Gasteiger charge is 2.18. The highest BCUT2D eigenvalue weighted by molar-refractivity contribution is 6.36. The number of hydrogen-bond donors (Lipinski definition) is 0. The van der Waals surface area contributed by atoms with Crippen molar-refractivity contribution in [2.75, 3.05) is 0 Å². The van der Waals surface area contributed by atoms with Crippen LogP contribution in [0.2, 0.25) is 5.02 Å². The Morgan fingerprint density at radius 3 is 2.37 bits per heavy atom. The molecule has 0 amide bonds. The van der Waals surface area contributed by atoms with Crippen LogP contribution in [0.15, 0.2) is 48.5 Å². The van der Waals surface area contributed by atoms with Crippen LogP contribution in [0.3, 0.4) is 0 Å². The number of nitrogens with zero attached hydrogens (tertiary/aromatic N) is 1. The number of rotatable bonds is 4. The van der Waals surface area contributed by atoms with Crippen LogP contribution >= 0.6 is 11.6 Å². The Balaban J connectivity index is 1.84. The first-order valence-electron chi connectivity index (χ1n) is 10.1. The molecule has 0 saturated carbocycles. The van der Waals surface area contributed by atoms with Crippen molar-refractivity contribution in [3.05, 3.63) is 75.9 Å². The number of benzene rings is 2. The Hall–Kier alpha value is -2.12. The van der Waals surface area contributed by atoms with Gasteiger partial charge in [0.2, 0.25) is 0 Å². The second-order valence-electron chi connectivity index (χ2n) is 7.33. The predicted octanol–water partition coefficient (Wildman–Crippen LogP) is 7.07. The fourth-order valence-electron chi connectivity index (χ4n) is 4.28. The van der Waals surface area contributed by atoms with Crippen molar-refractivity contribution in [1.82, 2.24) is 4.98 Å². The van der Waals surface area contributed by atoms with Crippen LogP contribution < -0.4 is 0 Å². The number of aromatic nitrogens is 1. The topological polar surface area (TPSA) is 12.9 Å². The fourth-order valence-corrected chi connectivity index (χ4v) is 4.60. The standard InChI is InChI=1S/C25H26ClN/c1-3-17-15-16-24(27-23(17)4-2)22-14-8-13-21(25(22)26)20-12-7-10-18-9-5-6-11-19(18)20/h7-8,10,12-16H,3-6,9,11H2,1-2H3. The molecule has 1 nitrogen and oxygen atoms in total. The van der Waals surface area contributed by atoms with E-state index in [-0.39, 0.29) is 0 Å². The molecule has 1 heterocycles. The minimum Gasteiger partial charge on any atom is -0.253 e. The molecule has 4 rings (SSSR count). The van der Waals surface area contributed by atoms with Gasteiger partial charge >= 0.3 is 0 Å². The third-order valence-electron chi connectivity index (χ3n) is 5.75. The van der Waals surface area contributed by atoms with E-state index in [1.165, 1.54) is 47.2 Å². The van der Waals surface area contributed by atoms with Crippen LogP contribution in [0, 0.1) is 0 Å². The van der Waals surface area contributed by atoms with Crippen LogP contribution in [0.1, 0.15) is 49.1 Å². The van der Waals surface area contributed by atoms with Crippen molar-refractivity contribution in [2.45, 2.75) is 52.4 Å². The molecular formula is C25H26ClN. The van der Waals surface area contributed by atoms with Crippen LogP contribution in [0.25, 0.3) is 22.4 Å². The van der Waals surface area contributed by atoms with Gasteiger partial charge in [-0.15, -0.1) is 0 Å². The zero-order valence-corrected chi connectivity index (χ0v) is 16.9. The maximum Gasteiger partial charge on any atom is 0.0720 e. The van der Waals surface area contributed by atoms with Gasteiger partial charge in [0.1, 0.15) is 0 Å². The summed E-state index contributed by atoms with van der Waals surface area (Å²) in [6.45, 7) is 4.35. The lowest BCUT2D eigenvalue weighted by molar-refractivity contribution is 0.687. The van der Waals surface area contributed by atoms with Gasteiger partial charge in [-0.25, -0.2) is 0 Å². The molecule has 0 atom stereocenters. The van der Waals surface area contributed by atoms with Gasteiger partial charge in [-0.05, 0) is 66.8 Å². The number of pyridine rings is 1. The lowest BCUT2D eigenvalue weighted by Crippen LogP contribution is -2.04. The number of aryl methyl sites for hydroxylation is 3. The summed E-state index contributed by atoms with van der Waals surface area (Å²) >= 11 is 6.95. The van der Waals surface area contributed by atoms with Gasteiger partial charge in [-0.2, -0.15) is 0 Å². The first kappa shape index (κ1) is 18.3. The molecule has 2 aromatic carbocycles. The first-order chi connectivity index (χ1) is 13.2. The van der Waals surface area contributed by atoms with Gasteiger partial charge in [0.25, 0.3) is 0 Å². The van der Waals surface area contributed by atoms with E-state index in [1.807, 2.05) is 0 Å². The summed E-state index contributed by atoms with van der Waals surface area (Å²) < 4.78 is 0. The molecule has 0 unspecified atom stereocenters. The van der Waals surface area contributed by atoms with Gasteiger partial charge in [-0.3, -0.25) is 4.98 Å². The maximum atomic E-state index is 6.95. The van der Waals surface area contributed by atoms with Crippen molar-refractivity contribution in [2.24, 2.45) is 0 Å². The zero-order valence-electron chi connectivity index (χ0n) is 16.2. The van der Waals surface area contributed by atoms with E-state index < -0.39 is 0 Å². The van der Waals surface area contributed by atoms with E-state index in [2.05, 4.69) is 62.4 Å². The van der Waals surface area contributed by atoms with Gasteiger partial charge in [0, 0.05) is 16.8 Å². The lowest BCUT2D eigenvalue weighted by atomic mass is 9.85. The Bertz CT molecular complexity index is 974. The molecule has 0 radical (unpaired) electrons. The van der Waals surface area contributed by atoms with E-state index in [4.69, 9.17) is 16.6 Å². The molecule has 0 fully saturated rings. The number of fused-ring (bicyclic) bond motifs is 1. The maximum absolute atomic E-state index is 6.95. The van der Waals surface area contributed by atoms with Crippen molar-refractivity contribution in [3.63, 3.8) is 0 Å². The minimum atomic E-state index is 0.815. The van der Waals surface area contributed by atoms with Crippen molar-refractivity contribution in [1.29, 1.82) is 0 Å². The van der Waals surface area contributed by atoms with Gasteiger partial charge in [0.15, 0.2) is 0 Å². The van der Waals surface area contributed by atoms with Crippen LogP contribution in [0.4, 0.5) is 0 Å². The quantitative estimate of drug-likeness (QED) is 0.475. The summed E-state index contributed by atoms with van der Waals surface area (Å²) in [5.74, 6) is 0. The monoisotopic (exact) mass is 375 g/mol. The Kier molecular flexibility index (Phi) is 5.31. The van der Waals surface area contributed by atoms with E-state index in [1.54, 1.807) is 0 Å². The minimum absolute atomic E-state index is 0.815. The predicted molar refractivity (Wildman–Crippen MR) is 116 cm³/mol. The van der Waals surface area contributed by atoms with E-state index in [0.29, 0.717) is 0 Å². The third-order valence-corrected chi connectivity index (χ3v) is 6.15. The smallest absolute Gasteiger partial charge is 0.0720 e. The zero-order chi connectivity index (χ0) is 18.8. The van der Waals surface area contributed by atoms with E-state index >= 15 is 0 Å². The first-order valence-corrected chi connectivity index (χ1v) is 10.5. The van der Waals surface area contributed by atoms with Crippen LogP contribution in [0.5, 0.6) is 0 Å². The van der Waals surface area contributed by atoms with Gasteiger partial charge in [0.05, 0.1) is 10.7 Å². The third kappa shape index (κ3) is 3.41. The Morgan fingerprint density at radius 1 is 0.815 bits per heavy atom. The molecule has 0 N–H and O–H groups in total. The molecule has 0 bridgehead atoms. The highest BCUT2D eigenvalue weighted by atomic mass is 35.5. The van der Waals surface area contributed by atoms with E-state index in [9.17, 15) is 0 Å². The van der Waals surface area contributed by atoms with E-state index in [0.717, 1.165) is 41.1 Å². The molecule has 27 heavy (non-hydrogen) atoms. The molecule has 1 aliphatic rings. The number of halogens is 1. The SMILES string of the molecule is CCc1ccc(-c2cccc(-c3cccc4c3CCCC4)c2Cl)nc1CC. The summed E-state index contributed by atoms with van der Waals surface area (Å²) in [5.41, 5.74) is 9.89. The molecule has 2 heteroatoms. The summed E-state index contributed by atoms with van der Waals surface area (Å²) in [6, 6.07) is 17.3. The van der Waals surface area contributed by atoms with Crippen LogP contribution in [-0.2, 0) is 25.7 Å². The fraction of sp³-hybridized carbons (Fsp3) is 0.320. The molecular weight excluding hydrogens is 350 g/mol. The Morgan fingerprint density at radius 2 is 1.56 bits per heavy atom. The summed E-state index contributed by atoms with van der Waals surface area (Å²) in [4.78, 5) is 4.93. The molecule has 1 aliphatic carbocycles. The van der Waals surface area contributed by atoms with Crippen molar-refractivity contribution < 1.29 is 0 Å². The second kappa shape index (κ2) is 7.86. The van der Waals surface area contributed by atoms with Gasteiger partial charge < -0.3 is 0 Å². The largest absolute Gasteiger partial charge is 0.253 e. The lowest BCUT2D eigenvalue weighted by Gasteiger charge is -2.20. The molecule has 1 aromatic heterocycles. The molecule has 0 aliphatic heterocycles. The second-order valence-corrected chi connectivity index (χ2v) is 7.70. The summed E-state index contributed by atoms with van der Waals surface area (Å²) in [6.07, 6.45) is 6.84. The summed E-state index contributed by atoms with van der Waals surface area (Å²) in [5, 5.41) is 0.815. The average molecular weight is 376 g/mol. The van der Waals surface area contributed by atoms with Gasteiger partial charge in [-0.1, -0.05) is 67.9 Å². The molecule has 0 saturated heterocycles. The molecule has 0 spiro atoms. The summed E-state index contributed by atoms with van der Waals surface area (Å²) in [7, 11) is 0. The average Bonchev–Trinajstić information content (AvgIpc) is 2.73. The Labute approximate surface area is 167 Å². The molecule has 138 valence electrons. The highest BCUT2D eigenvalue weighted by Crippen LogP contribution is 2.39. The number of hydrogen-bond acceptors (Lipinski definition) is 1. The van der Waals surface area contributed by atoms with Crippen molar-refractivity contribution in [3.8, 4) is 22.4 Å². The van der Waals surface area contributed by atoms with Crippen molar-refractivity contribution >= 4 is 11.6 Å². The normalized spacial score (nSPS) is 13.4. The van der Waals surface area contributed by atoms with Crippen LogP contribution in [-0.4, -0.2) is 4.98 Å². The molecule has 3 aromatic rings.